The Labute approximate surface area is 247 Å². The maximum Gasteiger partial charge on any atom is 0.332 e. The molecule has 0 atom stereocenters. The quantitative estimate of drug-likeness (QED) is 0.156. The van der Waals surface area contributed by atoms with Gasteiger partial charge >= 0.3 is 5.97 Å². The number of furan rings is 1. The molecule has 41 heavy (non-hydrogen) atoms. The predicted octanol–water partition coefficient (Wildman–Crippen LogP) is 7.01. The predicted molar refractivity (Wildman–Crippen MR) is 161 cm³/mol. The van der Waals surface area contributed by atoms with Crippen LogP contribution in [0.15, 0.2) is 80.6 Å². The summed E-state index contributed by atoms with van der Waals surface area (Å²) in [7, 11) is 0. The molecule has 9 nitrogen and oxygen atoms in total. The number of imidazole rings is 1. The summed E-state index contributed by atoms with van der Waals surface area (Å²) in [5.41, 5.74) is 4.56. The van der Waals surface area contributed by atoms with Crippen LogP contribution in [0.25, 0.3) is 39.8 Å². The fraction of sp³-hybridized carbons (Fsp3) is 0.167. The van der Waals surface area contributed by atoms with E-state index in [-0.39, 0.29) is 0 Å². The Hall–Kier alpha value is -4.35. The molecule has 0 aliphatic carbocycles. The van der Waals surface area contributed by atoms with E-state index in [9.17, 15) is 9.90 Å². The minimum Gasteiger partial charge on any atom is -0.478 e. The van der Waals surface area contributed by atoms with Crippen molar-refractivity contribution >= 4 is 50.3 Å². The van der Waals surface area contributed by atoms with E-state index >= 15 is 0 Å². The molecule has 6 aromatic rings. The summed E-state index contributed by atoms with van der Waals surface area (Å²) < 4.78 is 9.24. The minimum absolute atomic E-state index is 0.329. The number of nitrogens with zero attached hydrogens (tertiary/aromatic N) is 5. The van der Waals surface area contributed by atoms with E-state index < -0.39 is 5.97 Å². The topological polar surface area (TPSA) is 123 Å². The van der Waals surface area contributed by atoms with Crippen LogP contribution in [0.1, 0.15) is 35.3 Å². The van der Waals surface area contributed by atoms with Crippen LogP contribution in [0.5, 0.6) is 0 Å². The second-order valence-electron chi connectivity index (χ2n) is 9.54. The summed E-state index contributed by atoms with van der Waals surface area (Å²) in [4.78, 5) is 17.8. The number of aromatic nitrogens is 6. The standard InChI is InChI=1S/C30H25BrN6O3S/c1-2-6-26-32-16-20(14-19(30(38)39)15-21-7-5-12-41-21)37(26)17-18-10-11-25-24(13-18)27(31)28(40-25)22-8-3-4-9-23(22)29-33-35-36-34-29/h3-5,7-14,16H,2,6,15,17H2,1H3,(H,38,39)(H,33,34,35,36). The molecular weight excluding hydrogens is 604 g/mol. The molecule has 0 amide bonds. The van der Waals surface area contributed by atoms with Gasteiger partial charge in [-0.15, -0.1) is 16.4 Å². The maximum atomic E-state index is 12.1. The Balaban J connectivity index is 1.37. The van der Waals surface area contributed by atoms with Gasteiger partial charge in [-0.1, -0.05) is 43.3 Å². The number of carboxylic acids is 1. The number of halogens is 1. The zero-order valence-electron chi connectivity index (χ0n) is 22.0. The van der Waals surface area contributed by atoms with Crippen molar-refractivity contribution in [3.05, 3.63) is 98.2 Å². The molecule has 0 unspecified atom stereocenters. The van der Waals surface area contributed by atoms with Gasteiger partial charge in [0.2, 0.25) is 0 Å². The normalized spacial score (nSPS) is 11.9. The molecule has 0 aliphatic rings. The second kappa shape index (κ2) is 11.6. The van der Waals surface area contributed by atoms with Gasteiger partial charge in [0.15, 0.2) is 5.82 Å². The maximum absolute atomic E-state index is 12.1. The molecule has 0 aliphatic heterocycles. The number of aryl methyl sites for hydroxylation is 1. The van der Waals surface area contributed by atoms with E-state index in [0.717, 1.165) is 61.4 Å². The third-order valence-electron chi connectivity index (χ3n) is 6.79. The summed E-state index contributed by atoms with van der Waals surface area (Å²) >= 11 is 5.33. The number of aromatic amines is 1. The fourth-order valence-electron chi connectivity index (χ4n) is 4.85. The molecule has 6 rings (SSSR count). The third kappa shape index (κ3) is 5.50. The monoisotopic (exact) mass is 628 g/mol. The van der Waals surface area contributed by atoms with E-state index in [0.29, 0.717) is 30.1 Å². The molecule has 2 N–H and O–H groups in total. The van der Waals surface area contributed by atoms with Crippen LogP contribution in [0.4, 0.5) is 0 Å². The number of hydrogen-bond donors (Lipinski definition) is 2. The van der Waals surface area contributed by atoms with Crippen molar-refractivity contribution < 1.29 is 14.3 Å². The first-order valence-electron chi connectivity index (χ1n) is 13.1. The van der Waals surface area contributed by atoms with Crippen molar-refractivity contribution in [3.63, 3.8) is 0 Å². The second-order valence-corrected chi connectivity index (χ2v) is 11.4. The molecule has 0 bridgehead atoms. The van der Waals surface area contributed by atoms with Gasteiger partial charge in [-0.25, -0.2) is 14.9 Å². The number of rotatable bonds is 10. The lowest BCUT2D eigenvalue weighted by Gasteiger charge is -2.11. The van der Waals surface area contributed by atoms with Crippen LogP contribution in [-0.4, -0.2) is 41.3 Å². The number of thiophene rings is 1. The highest BCUT2D eigenvalue weighted by Gasteiger charge is 2.20. The highest BCUT2D eigenvalue weighted by molar-refractivity contribution is 9.10. The first-order chi connectivity index (χ1) is 20.0. The molecule has 0 saturated carbocycles. The largest absolute Gasteiger partial charge is 0.478 e. The molecule has 2 aromatic carbocycles. The van der Waals surface area contributed by atoms with Gasteiger partial charge in [-0.2, -0.15) is 0 Å². The van der Waals surface area contributed by atoms with Crippen molar-refractivity contribution in [2.45, 2.75) is 32.7 Å². The number of fused-ring (bicyclic) bond motifs is 1. The SMILES string of the molecule is CCCc1ncc(C=C(Cc2cccs2)C(=O)O)n1Cc1ccc2oc(-c3ccccc3-c3nnn[nH]3)c(Br)c2c1. The molecule has 0 radical (unpaired) electrons. The smallest absolute Gasteiger partial charge is 0.332 e. The van der Waals surface area contributed by atoms with Crippen molar-refractivity contribution in [3.8, 4) is 22.7 Å². The number of tetrazole rings is 1. The highest BCUT2D eigenvalue weighted by Crippen LogP contribution is 2.41. The summed E-state index contributed by atoms with van der Waals surface area (Å²) in [6, 6.07) is 17.8. The van der Waals surface area contributed by atoms with Crippen LogP contribution in [0.3, 0.4) is 0 Å². The first kappa shape index (κ1) is 26.9. The van der Waals surface area contributed by atoms with Crippen LogP contribution >= 0.6 is 27.3 Å². The van der Waals surface area contributed by atoms with Crippen LogP contribution < -0.4 is 0 Å². The first-order valence-corrected chi connectivity index (χ1v) is 14.7. The molecule has 4 heterocycles. The Kier molecular flexibility index (Phi) is 7.62. The van der Waals surface area contributed by atoms with Gasteiger partial charge in [0.25, 0.3) is 0 Å². The van der Waals surface area contributed by atoms with Gasteiger partial charge in [0, 0.05) is 46.3 Å². The van der Waals surface area contributed by atoms with Crippen molar-refractivity contribution in [1.29, 1.82) is 0 Å². The van der Waals surface area contributed by atoms with E-state index in [2.05, 4.69) is 59.1 Å². The molecule has 206 valence electrons. The number of H-pyrrole nitrogens is 1. The lowest BCUT2D eigenvalue weighted by Crippen LogP contribution is -2.09. The van der Waals surface area contributed by atoms with Gasteiger partial charge in [0.05, 0.1) is 16.4 Å². The number of aliphatic carboxylic acids is 1. The molecular formula is C30H25BrN6O3S. The minimum atomic E-state index is -0.930. The van der Waals surface area contributed by atoms with E-state index in [1.54, 1.807) is 23.6 Å². The van der Waals surface area contributed by atoms with Crippen molar-refractivity contribution in [1.82, 2.24) is 30.2 Å². The number of carboxylic acid groups (broad SMARTS) is 1. The molecule has 0 spiro atoms. The van der Waals surface area contributed by atoms with Gasteiger partial charge < -0.3 is 14.1 Å². The molecule has 4 aromatic heterocycles. The zero-order valence-corrected chi connectivity index (χ0v) is 24.4. The van der Waals surface area contributed by atoms with Crippen LogP contribution in [0.2, 0.25) is 0 Å². The van der Waals surface area contributed by atoms with Crippen molar-refractivity contribution in [2.24, 2.45) is 0 Å². The molecule has 11 heteroatoms. The average molecular weight is 630 g/mol. The Morgan fingerprint density at radius 2 is 2.02 bits per heavy atom. The number of nitrogens with one attached hydrogen (secondary N) is 1. The summed E-state index contributed by atoms with van der Waals surface area (Å²) in [6.45, 7) is 2.65. The van der Waals surface area contributed by atoms with Gasteiger partial charge in [-0.3, -0.25) is 0 Å². The fourth-order valence-corrected chi connectivity index (χ4v) is 6.18. The Morgan fingerprint density at radius 1 is 1.17 bits per heavy atom. The summed E-state index contributed by atoms with van der Waals surface area (Å²) in [5.74, 6) is 1.22. The lowest BCUT2D eigenvalue weighted by molar-refractivity contribution is -0.132. The number of hydrogen-bond acceptors (Lipinski definition) is 7. The lowest BCUT2D eigenvalue weighted by atomic mass is 10.0. The van der Waals surface area contributed by atoms with Gasteiger partial charge in [0.1, 0.15) is 17.2 Å². The molecule has 0 saturated heterocycles. The Bertz CT molecular complexity index is 1850. The van der Waals surface area contributed by atoms with E-state index in [4.69, 9.17) is 4.42 Å². The summed E-state index contributed by atoms with van der Waals surface area (Å²) in [5, 5.41) is 27.1. The van der Waals surface area contributed by atoms with E-state index in [1.807, 2.05) is 53.9 Å². The average Bonchev–Trinajstić information content (AvgIpc) is 3.79. The van der Waals surface area contributed by atoms with Crippen LogP contribution in [0, 0.1) is 0 Å². The third-order valence-corrected chi connectivity index (χ3v) is 8.45. The van der Waals surface area contributed by atoms with E-state index in [1.165, 1.54) is 0 Å². The van der Waals surface area contributed by atoms with Gasteiger partial charge in [-0.05, 0) is 68.0 Å². The summed E-state index contributed by atoms with van der Waals surface area (Å²) in [6.07, 6.45) is 5.59. The van der Waals surface area contributed by atoms with Crippen LogP contribution in [-0.2, 0) is 24.2 Å². The zero-order chi connectivity index (χ0) is 28.3. The number of benzene rings is 2. The number of carbonyl (C=O) groups is 1. The highest BCUT2D eigenvalue weighted by atomic mass is 79.9. The van der Waals surface area contributed by atoms with Crippen molar-refractivity contribution in [2.75, 3.05) is 0 Å². The Morgan fingerprint density at radius 3 is 2.76 bits per heavy atom. The molecule has 0 fully saturated rings.